The summed E-state index contributed by atoms with van der Waals surface area (Å²) in [6.45, 7) is 15.8. The summed E-state index contributed by atoms with van der Waals surface area (Å²) in [5, 5.41) is 5.78. The molecule has 1 heterocycles. The van der Waals surface area contributed by atoms with Crippen molar-refractivity contribution >= 4 is 11.3 Å². The maximum atomic E-state index is 3.62. The summed E-state index contributed by atoms with van der Waals surface area (Å²) >= 11 is 1.85. The second kappa shape index (κ2) is 6.38. The zero-order valence-electron chi connectivity index (χ0n) is 13.6. The van der Waals surface area contributed by atoms with E-state index in [4.69, 9.17) is 0 Å². The standard InChI is InChI=1S/C16H30N2S/c1-13(14-9-8-10-19-14)18(7)12-16(5,6)11-17-15(2,3)4/h8-10,13,17H,11-12H2,1-7H3. The monoisotopic (exact) mass is 282 g/mol. The lowest BCUT2D eigenvalue weighted by molar-refractivity contribution is 0.159. The van der Waals surface area contributed by atoms with E-state index in [-0.39, 0.29) is 11.0 Å². The van der Waals surface area contributed by atoms with Gasteiger partial charge in [0.25, 0.3) is 0 Å². The summed E-state index contributed by atoms with van der Waals surface area (Å²) in [5.41, 5.74) is 0.461. The molecule has 0 fully saturated rings. The SMILES string of the molecule is CC(c1cccs1)N(C)CC(C)(C)CNC(C)(C)C. The van der Waals surface area contributed by atoms with Crippen molar-refractivity contribution in [3.8, 4) is 0 Å². The molecular formula is C16H30N2S. The molecule has 0 spiro atoms. The molecule has 0 aromatic carbocycles. The first-order valence-electron chi connectivity index (χ1n) is 7.09. The molecule has 1 aromatic heterocycles. The first-order valence-corrected chi connectivity index (χ1v) is 7.97. The molecule has 0 saturated carbocycles. The van der Waals surface area contributed by atoms with Crippen LogP contribution in [0.3, 0.4) is 0 Å². The van der Waals surface area contributed by atoms with Crippen LogP contribution >= 0.6 is 11.3 Å². The van der Waals surface area contributed by atoms with Crippen LogP contribution in [0.2, 0.25) is 0 Å². The normalized spacial score (nSPS) is 14.9. The van der Waals surface area contributed by atoms with Gasteiger partial charge in [-0.15, -0.1) is 11.3 Å². The summed E-state index contributed by atoms with van der Waals surface area (Å²) < 4.78 is 0. The zero-order valence-corrected chi connectivity index (χ0v) is 14.4. The number of hydrogen-bond donors (Lipinski definition) is 1. The Labute approximate surface area is 123 Å². The van der Waals surface area contributed by atoms with E-state index in [2.05, 4.69) is 76.3 Å². The minimum absolute atomic E-state index is 0.190. The fourth-order valence-corrected chi connectivity index (χ4v) is 2.97. The zero-order chi connectivity index (χ0) is 14.7. The van der Waals surface area contributed by atoms with Crippen molar-refractivity contribution < 1.29 is 0 Å². The van der Waals surface area contributed by atoms with E-state index in [9.17, 15) is 0 Å². The van der Waals surface area contributed by atoms with Crippen LogP contribution in [0.1, 0.15) is 52.5 Å². The third-order valence-corrected chi connectivity index (χ3v) is 4.43. The fourth-order valence-electron chi connectivity index (χ4n) is 2.12. The van der Waals surface area contributed by atoms with Gasteiger partial charge in [-0.05, 0) is 51.6 Å². The van der Waals surface area contributed by atoms with Gasteiger partial charge in [-0.2, -0.15) is 0 Å². The highest BCUT2D eigenvalue weighted by Gasteiger charge is 2.25. The van der Waals surface area contributed by atoms with Crippen molar-refractivity contribution in [2.24, 2.45) is 5.41 Å². The largest absolute Gasteiger partial charge is 0.311 e. The Morgan fingerprint density at radius 3 is 2.37 bits per heavy atom. The lowest BCUT2D eigenvalue weighted by Gasteiger charge is -2.36. The molecule has 1 rings (SSSR count). The van der Waals surface area contributed by atoms with E-state index in [1.54, 1.807) is 0 Å². The van der Waals surface area contributed by atoms with Crippen LogP contribution in [0.25, 0.3) is 0 Å². The lowest BCUT2D eigenvalue weighted by atomic mass is 9.91. The Morgan fingerprint density at radius 1 is 1.26 bits per heavy atom. The van der Waals surface area contributed by atoms with Crippen molar-refractivity contribution in [2.75, 3.05) is 20.1 Å². The third kappa shape index (κ3) is 6.07. The van der Waals surface area contributed by atoms with Crippen molar-refractivity contribution in [1.29, 1.82) is 0 Å². The molecule has 19 heavy (non-hydrogen) atoms. The average Bonchev–Trinajstić information content (AvgIpc) is 2.77. The van der Waals surface area contributed by atoms with Crippen LogP contribution in [0.5, 0.6) is 0 Å². The van der Waals surface area contributed by atoms with Crippen molar-refractivity contribution in [2.45, 2.75) is 53.1 Å². The van der Waals surface area contributed by atoms with Gasteiger partial charge in [-0.25, -0.2) is 0 Å². The Bertz CT molecular complexity index is 363. The predicted molar refractivity (Wildman–Crippen MR) is 86.9 cm³/mol. The van der Waals surface area contributed by atoms with E-state index in [1.165, 1.54) is 4.88 Å². The summed E-state index contributed by atoms with van der Waals surface area (Å²) in [5.74, 6) is 0. The topological polar surface area (TPSA) is 15.3 Å². The lowest BCUT2D eigenvalue weighted by Crippen LogP contribution is -2.46. The molecule has 0 saturated heterocycles. The van der Waals surface area contributed by atoms with E-state index in [1.807, 2.05) is 11.3 Å². The Kier molecular flexibility index (Phi) is 5.60. The van der Waals surface area contributed by atoms with Gasteiger partial charge >= 0.3 is 0 Å². The summed E-state index contributed by atoms with van der Waals surface area (Å²) in [6.07, 6.45) is 0. The van der Waals surface area contributed by atoms with Gasteiger partial charge in [-0.3, -0.25) is 4.90 Å². The first kappa shape index (κ1) is 16.7. The minimum atomic E-state index is 0.190. The molecule has 0 bridgehead atoms. The molecule has 1 atom stereocenters. The smallest absolute Gasteiger partial charge is 0.0410 e. The molecule has 0 aliphatic rings. The Hall–Kier alpha value is -0.380. The molecule has 0 radical (unpaired) electrons. The molecule has 0 aliphatic carbocycles. The van der Waals surface area contributed by atoms with Crippen LogP contribution < -0.4 is 5.32 Å². The molecule has 0 amide bonds. The minimum Gasteiger partial charge on any atom is -0.311 e. The van der Waals surface area contributed by atoms with Crippen LogP contribution in [-0.2, 0) is 0 Å². The fraction of sp³-hybridized carbons (Fsp3) is 0.750. The van der Waals surface area contributed by atoms with Crippen LogP contribution in [0.15, 0.2) is 17.5 Å². The van der Waals surface area contributed by atoms with E-state index in [0.717, 1.165) is 13.1 Å². The quantitative estimate of drug-likeness (QED) is 0.843. The number of rotatable bonds is 6. The highest BCUT2D eigenvalue weighted by atomic mass is 32.1. The van der Waals surface area contributed by atoms with Crippen LogP contribution in [-0.4, -0.2) is 30.6 Å². The molecule has 110 valence electrons. The molecule has 0 aliphatic heterocycles. The van der Waals surface area contributed by atoms with Gasteiger partial charge < -0.3 is 5.32 Å². The summed E-state index contributed by atoms with van der Waals surface area (Å²) in [6, 6.07) is 4.86. The van der Waals surface area contributed by atoms with Crippen molar-refractivity contribution in [1.82, 2.24) is 10.2 Å². The molecule has 3 heteroatoms. The van der Waals surface area contributed by atoms with Crippen molar-refractivity contribution in [3.63, 3.8) is 0 Å². The maximum Gasteiger partial charge on any atom is 0.0410 e. The predicted octanol–water partition coefficient (Wildman–Crippen LogP) is 4.16. The van der Waals surface area contributed by atoms with Gasteiger partial charge in [-0.1, -0.05) is 19.9 Å². The molecule has 2 nitrogen and oxygen atoms in total. The Morgan fingerprint density at radius 2 is 1.89 bits per heavy atom. The third-order valence-electron chi connectivity index (χ3n) is 3.39. The summed E-state index contributed by atoms with van der Waals surface area (Å²) in [7, 11) is 2.23. The highest BCUT2D eigenvalue weighted by molar-refractivity contribution is 7.10. The van der Waals surface area contributed by atoms with Gasteiger partial charge in [0.1, 0.15) is 0 Å². The molecule has 1 N–H and O–H groups in total. The second-order valence-corrected chi connectivity index (χ2v) is 8.35. The molecular weight excluding hydrogens is 252 g/mol. The number of nitrogens with one attached hydrogen (secondary N) is 1. The summed E-state index contributed by atoms with van der Waals surface area (Å²) in [4.78, 5) is 3.90. The van der Waals surface area contributed by atoms with E-state index < -0.39 is 0 Å². The first-order chi connectivity index (χ1) is 8.61. The number of nitrogens with zero attached hydrogens (tertiary/aromatic N) is 1. The van der Waals surface area contributed by atoms with E-state index in [0.29, 0.717) is 6.04 Å². The molecule has 1 aromatic rings. The number of hydrogen-bond acceptors (Lipinski definition) is 3. The van der Waals surface area contributed by atoms with E-state index >= 15 is 0 Å². The second-order valence-electron chi connectivity index (χ2n) is 7.37. The van der Waals surface area contributed by atoms with Crippen LogP contribution in [0, 0.1) is 5.41 Å². The molecule has 1 unspecified atom stereocenters. The van der Waals surface area contributed by atoms with Crippen molar-refractivity contribution in [3.05, 3.63) is 22.4 Å². The van der Waals surface area contributed by atoms with Gasteiger partial charge in [0.05, 0.1) is 0 Å². The maximum absolute atomic E-state index is 3.62. The number of thiophene rings is 1. The highest BCUT2D eigenvalue weighted by Crippen LogP contribution is 2.26. The van der Waals surface area contributed by atoms with Crippen LogP contribution in [0.4, 0.5) is 0 Å². The van der Waals surface area contributed by atoms with Gasteiger partial charge in [0.15, 0.2) is 0 Å². The average molecular weight is 282 g/mol. The van der Waals surface area contributed by atoms with Gasteiger partial charge in [0, 0.05) is 29.5 Å². The van der Waals surface area contributed by atoms with Gasteiger partial charge in [0.2, 0.25) is 0 Å². The Balaban J connectivity index is 2.52.